The number of halogens is 2. The second kappa shape index (κ2) is 12.5. The second-order valence-corrected chi connectivity index (χ2v) is 10.2. The highest BCUT2D eigenvalue weighted by Crippen LogP contribution is 2.37. The van der Waals surface area contributed by atoms with Crippen molar-refractivity contribution in [3.8, 4) is 23.0 Å². The molecule has 0 bridgehead atoms. The molecule has 0 fully saturated rings. The summed E-state index contributed by atoms with van der Waals surface area (Å²) in [6.07, 6.45) is 1.86. The van der Waals surface area contributed by atoms with E-state index in [-0.39, 0.29) is 38.1 Å². The zero-order chi connectivity index (χ0) is 30.7. The van der Waals surface area contributed by atoms with Gasteiger partial charge in [0, 0.05) is 6.54 Å². The van der Waals surface area contributed by atoms with Gasteiger partial charge in [-0.15, -0.1) is 0 Å². The summed E-state index contributed by atoms with van der Waals surface area (Å²) in [6.45, 7) is 11.7. The van der Waals surface area contributed by atoms with Gasteiger partial charge >= 0.3 is 0 Å². The van der Waals surface area contributed by atoms with E-state index in [0.29, 0.717) is 6.42 Å². The number of aryl methyl sites for hydroxylation is 1. The lowest BCUT2D eigenvalue weighted by molar-refractivity contribution is 0.293. The largest absolute Gasteiger partial charge is 0.504 e. The lowest BCUT2D eigenvalue weighted by Gasteiger charge is -2.25. The Hall–Kier alpha value is -3.90. The number of phenols is 4. The number of phenolic OH excluding ortho intramolecular Hbond substituents is 4. The van der Waals surface area contributed by atoms with E-state index in [1.54, 1.807) is 20.8 Å². The number of aromatic hydroxyl groups is 4. The normalized spacial score (nSPS) is 11.1. The van der Waals surface area contributed by atoms with Crippen LogP contribution in [0.4, 0.5) is 0 Å². The van der Waals surface area contributed by atoms with Gasteiger partial charge < -0.3 is 20.4 Å². The minimum absolute atomic E-state index is 0.0316. The van der Waals surface area contributed by atoms with Crippen LogP contribution in [0, 0.1) is 0 Å². The molecular weight excluding hydrogens is 567 g/mol. The molecule has 0 unspecified atom stereocenters. The summed E-state index contributed by atoms with van der Waals surface area (Å²) < 4.78 is 2.29. The topological polar surface area (TPSA) is 191 Å². The Labute approximate surface area is 237 Å². The maximum absolute atomic E-state index is 12.5. The van der Waals surface area contributed by atoms with E-state index < -0.39 is 50.8 Å². The monoisotopic (exact) mass is 598 g/mol. The van der Waals surface area contributed by atoms with Gasteiger partial charge in [0.05, 0.1) is 37.1 Å². The van der Waals surface area contributed by atoms with Crippen LogP contribution >= 0.6 is 23.2 Å². The van der Waals surface area contributed by atoms with Crippen LogP contribution in [-0.4, -0.2) is 40.0 Å². The molecule has 12 nitrogen and oxygen atoms in total. The molecule has 2 aromatic carbocycles. The van der Waals surface area contributed by atoms with Gasteiger partial charge in [-0.1, -0.05) is 50.4 Å². The average molecular weight is 599 g/mol. The molecule has 0 amide bonds. The van der Waals surface area contributed by atoms with Gasteiger partial charge in [0.25, 0.3) is 22.2 Å². The molecule has 4 aromatic rings. The average Bonchev–Trinajstić information content (AvgIpc) is 2.90. The van der Waals surface area contributed by atoms with Crippen LogP contribution in [0.5, 0.6) is 23.0 Å². The number of hydrogen-bond acceptors (Lipinski definition) is 8. The first kappa shape index (κ1) is 32.3. The summed E-state index contributed by atoms with van der Waals surface area (Å²) in [5.74, 6) is -2.30. The molecule has 0 saturated heterocycles. The number of nitrogens with zero attached hydrogens (tertiary/aromatic N) is 2. The lowest BCUT2D eigenvalue weighted by atomic mass is 10.0. The van der Waals surface area contributed by atoms with Gasteiger partial charge in [-0.3, -0.25) is 29.4 Å². The highest BCUT2D eigenvalue weighted by atomic mass is 35.5. The molecule has 0 saturated carbocycles. The Morgan fingerprint density at radius 2 is 1.23 bits per heavy atom. The fraction of sp³-hybridized carbons (Fsp3) is 0.385. The van der Waals surface area contributed by atoms with E-state index in [1.807, 2.05) is 6.92 Å². The highest BCUT2D eigenvalue weighted by Gasteiger charge is 2.24. The van der Waals surface area contributed by atoms with E-state index in [4.69, 9.17) is 23.2 Å². The Balaban J connectivity index is 0.000000258. The van der Waals surface area contributed by atoms with Crippen LogP contribution in [-0.2, 0) is 12.1 Å². The third-order valence-electron chi connectivity index (χ3n) is 6.04. The van der Waals surface area contributed by atoms with Crippen molar-refractivity contribution in [1.29, 1.82) is 0 Å². The number of hydrogen-bond donors (Lipinski definition) is 6. The standard InChI is InChI=1S/C13H15ClN2O4.C10H9ClN2O4.C3H8/c1-4-13(2,3)16-12(20)8-6(11(19)15-16)5-7(17)10(18)9(8)14;1-2-13-10(17)4-3-5(14)8(15)7(11)6(4)9(16)12-13;1-3-2/h5,17-18H,4H2,1-3H3,(H,15,19);3,14-15H,2H2,1H3,(H,12,16);3H2,1-2H3. The highest BCUT2D eigenvalue weighted by molar-refractivity contribution is 6.37. The van der Waals surface area contributed by atoms with Gasteiger partial charge in [0.1, 0.15) is 0 Å². The van der Waals surface area contributed by atoms with Gasteiger partial charge in [-0.05, 0) is 39.3 Å². The third kappa shape index (κ3) is 5.97. The van der Waals surface area contributed by atoms with Crippen LogP contribution in [0.25, 0.3) is 21.5 Å². The first-order valence-corrected chi connectivity index (χ1v) is 13.1. The third-order valence-corrected chi connectivity index (χ3v) is 6.78. The molecule has 0 radical (unpaired) electrons. The van der Waals surface area contributed by atoms with Crippen molar-refractivity contribution in [3.05, 3.63) is 63.6 Å². The van der Waals surface area contributed by atoms with Crippen molar-refractivity contribution >= 4 is 44.7 Å². The maximum Gasteiger partial charge on any atom is 0.275 e. The molecule has 2 aromatic heterocycles. The van der Waals surface area contributed by atoms with Crippen LogP contribution in [0.1, 0.15) is 54.4 Å². The number of fused-ring (bicyclic) bond motifs is 2. The first-order chi connectivity index (χ1) is 18.6. The van der Waals surface area contributed by atoms with E-state index >= 15 is 0 Å². The molecule has 0 atom stereocenters. The van der Waals surface area contributed by atoms with Crippen molar-refractivity contribution in [2.24, 2.45) is 0 Å². The van der Waals surface area contributed by atoms with Crippen LogP contribution in [0.3, 0.4) is 0 Å². The fourth-order valence-electron chi connectivity index (χ4n) is 3.54. The Bertz CT molecular complexity index is 1800. The van der Waals surface area contributed by atoms with Crippen LogP contribution < -0.4 is 22.2 Å². The van der Waals surface area contributed by atoms with Crippen molar-refractivity contribution in [2.45, 2.75) is 66.5 Å². The van der Waals surface area contributed by atoms with Crippen molar-refractivity contribution in [2.75, 3.05) is 0 Å². The minimum Gasteiger partial charge on any atom is -0.504 e. The molecule has 14 heteroatoms. The molecule has 40 heavy (non-hydrogen) atoms. The molecule has 0 aliphatic carbocycles. The van der Waals surface area contributed by atoms with Gasteiger partial charge in [-0.25, -0.2) is 9.36 Å². The van der Waals surface area contributed by atoms with Gasteiger partial charge in [0.15, 0.2) is 23.0 Å². The second-order valence-electron chi connectivity index (χ2n) is 9.41. The molecule has 218 valence electrons. The van der Waals surface area contributed by atoms with E-state index in [1.165, 1.54) is 11.1 Å². The van der Waals surface area contributed by atoms with E-state index in [9.17, 15) is 39.6 Å². The summed E-state index contributed by atoms with van der Waals surface area (Å²) in [5.41, 5.74) is -2.77. The van der Waals surface area contributed by atoms with Crippen LogP contribution in [0.15, 0.2) is 31.3 Å². The van der Waals surface area contributed by atoms with E-state index in [0.717, 1.165) is 16.8 Å². The first-order valence-electron chi connectivity index (χ1n) is 12.4. The number of nitrogens with one attached hydrogen (secondary N) is 2. The molecule has 2 heterocycles. The molecule has 0 aliphatic heterocycles. The number of aromatic amines is 2. The molecule has 0 spiro atoms. The molecule has 6 N–H and O–H groups in total. The zero-order valence-electron chi connectivity index (χ0n) is 22.8. The van der Waals surface area contributed by atoms with Crippen molar-refractivity contribution < 1.29 is 20.4 Å². The SMILES string of the molecule is CCC.CCC(C)(C)n1[nH]c(=O)c2cc(O)c(O)c(Cl)c2c1=O.CCn1[nH]c(=O)c2c(Cl)c(O)c(O)cc2c1=O. The molecular formula is C26H32Cl2N4O8. The number of aromatic nitrogens is 4. The summed E-state index contributed by atoms with van der Waals surface area (Å²) in [7, 11) is 0. The minimum atomic E-state index is -0.613. The summed E-state index contributed by atoms with van der Waals surface area (Å²) in [5, 5.41) is 41.7. The van der Waals surface area contributed by atoms with Crippen molar-refractivity contribution in [1.82, 2.24) is 19.6 Å². The van der Waals surface area contributed by atoms with Crippen molar-refractivity contribution in [3.63, 3.8) is 0 Å². The number of rotatable bonds is 3. The predicted molar refractivity (Wildman–Crippen MR) is 156 cm³/mol. The quantitative estimate of drug-likeness (QED) is 0.190. The van der Waals surface area contributed by atoms with Gasteiger partial charge in [0.2, 0.25) is 0 Å². The van der Waals surface area contributed by atoms with Gasteiger partial charge in [-0.2, -0.15) is 0 Å². The summed E-state index contributed by atoms with van der Waals surface area (Å²) >= 11 is 11.6. The molecule has 0 aliphatic rings. The smallest absolute Gasteiger partial charge is 0.275 e. The lowest BCUT2D eigenvalue weighted by Crippen LogP contribution is -2.41. The number of benzene rings is 2. The van der Waals surface area contributed by atoms with E-state index in [2.05, 4.69) is 24.0 Å². The zero-order valence-corrected chi connectivity index (χ0v) is 24.4. The van der Waals surface area contributed by atoms with Crippen LogP contribution in [0.2, 0.25) is 10.0 Å². The molecule has 4 rings (SSSR count). The summed E-state index contributed by atoms with van der Waals surface area (Å²) in [4.78, 5) is 48.1. The Morgan fingerprint density at radius 1 is 0.750 bits per heavy atom. The summed E-state index contributed by atoms with van der Waals surface area (Å²) in [6, 6.07) is 2.06. The number of H-pyrrole nitrogens is 2. The predicted octanol–water partition coefficient (Wildman–Crippen LogP) is 4.09. The Morgan fingerprint density at radius 3 is 1.70 bits per heavy atom. The fourth-order valence-corrected chi connectivity index (χ4v) is 4.10. The maximum atomic E-state index is 12.5. The Kier molecular flexibility index (Phi) is 10.1.